The second-order valence-electron chi connectivity index (χ2n) is 7.10. The molecule has 0 aromatic carbocycles. The van der Waals surface area contributed by atoms with Gasteiger partial charge in [-0.1, -0.05) is 0 Å². The Hall–Kier alpha value is -1.47. The fourth-order valence-electron chi connectivity index (χ4n) is 3.00. The van der Waals surface area contributed by atoms with Gasteiger partial charge in [0.25, 0.3) is 0 Å². The van der Waals surface area contributed by atoms with Crippen molar-refractivity contribution in [3.05, 3.63) is 12.2 Å². The van der Waals surface area contributed by atoms with Gasteiger partial charge in [-0.3, -0.25) is 4.57 Å². The maximum absolute atomic E-state index is 10.5. The van der Waals surface area contributed by atoms with Crippen LogP contribution in [0.5, 0.6) is 5.88 Å². The predicted molar refractivity (Wildman–Crippen MR) is 97.9 cm³/mol. The molecule has 2 aromatic heterocycles. The Labute approximate surface area is 146 Å². The van der Waals surface area contributed by atoms with Crippen LogP contribution in [-0.4, -0.2) is 80.9 Å². The van der Waals surface area contributed by atoms with Crippen molar-refractivity contribution in [1.82, 2.24) is 19.5 Å². The average molecular weight is 368 g/mol. The number of aryl methyl sites for hydroxylation is 1. The Morgan fingerprint density at radius 1 is 1.32 bits per heavy atom. The van der Waals surface area contributed by atoms with E-state index in [9.17, 15) is 10.2 Å². The third-order valence-electron chi connectivity index (χ3n) is 4.32. The molecule has 0 saturated carbocycles. The molecular formula is C16H25N4O4P. The highest BCUT2D eigenvalue weighted by Gasteiger charge is 2.44. The normalized spacial score (nSPS) is 27.1. The predicted octanol–water partition coefficient (Wildman–Crippen LogP) is 0.862. The van der Waals surface area contributed by atoms with Crippen molar-refractivity contribution in [2.75, 3.05) is 26.6 Å². The van der Waals surface area contributed by atoms with Crippen molar-refractivity contribution in [3.8, 4) is 5.88 Å². The second-order valence-corrected chi connectivity index (χ2v) is 11.4. The van der Waals surface area contributed by atoms with Crippen LogP contribution in [0.25, 0.3) is 11.2 Å². The molecule has 4 atom stereocenters. The summed E-state index contributed by atoms with van der Waals surface area (Å²) >= 11 is 0. The third kappa shape index (κ3) is 3.58. The number of fused-ring (bicyclic) bond motifs is 1. The molecule has 25 heavy (non-hydrogen) atoms. The summed E-state index contributed by atoms with van der Waals surface area (Å²) in [7, 11) is 1.52. The van der Waals surface area contributed by atoms with E-state index in [1.54, 1.807) is 11.5 Å². The van der Waals surface area contributed by atoms with Gasteiger partial charge in [0.1, 0.15) is 18.0 Å². The molecule has 0 bridgehead atoms. The molecule has 2 aromatic rings. The zero-order valence-electron chi connectivity index (χ0n) is 15.0. The number of ether oxygens (including phenoxy) is 2. The lowest BCUT2D eigenvalue weighted by Crippen LogP contribution is -2.31. The highest BCUT2D eigenvalue weighted by molar-refractivity contribution is 7.72. The van der Waals surface area contributed by atoms with Gasteiger partial charge in [0, 0.05) is 0 Å². The van der Waals surface area contributed by atoms with Gasteiger partial charge in [-0.15, -0.1) is 13.2 Å². The van der Waals surface area contributed by atoms with Gasteiger partial charge in [0.15, 0.2) is 17.4 Å². The van der Waals surface area contributed by atoms with Crippen LogP contribution in [0.3, 0.4) is 0 Å². The van der Waals surface area contributed by atoms with E-state index in [2.05, 4.69) is 34.6 Å². The first-order valence-electron chi connectivity index (χ1n) is 8.15. The number of hydrogen-bond donors (Lipinski definition) is 2. The number of methoxy groups -OCH3 is 1. The number of nitrogens with zero attached hydrogens (tertiary/aromatic N) is 4. The number of hydrogen-bond acceptors (Lipinski definition) is 7. The van der Waals surface area contributed by atoms with Gasteiger partial charge in [-0.25, -0.2) is 9.97 Å². The Kier molecular flexibility index (Phi) is 4.90. The fourth-order valence-corrected chi connectivity index (χ4v) is 3.95. The van der Waals surface area contributed by atoms with Crippen LogP contribution in [0.4, 0.5) is 0 Å². The lowest BCUT2D eigenvalue weighted by atomic mass is 10.1. The molecule has 1 aliphatic rings. The van der Waals surface area contributed by atoms with Crippen LogP contribution in [0, 0.1) is 6.92 Å². The highest BCUT2D eigenvalue weighted by atomic mass is 31.2. The Bertz CT molecular complexity index is 818. The van der Waals surface area contributed by atoms with Crippen molar-refractivity contribution in [2.45, 2.75) is 37.9 Å². The molecule has 0 spiro atoms. The van der Waals surface area contributed by atoms with Crippen molar-refractivity contribution in [3.63, 3.8) is 0 Å². The van der Waals surface area contributed by atoms with Crippen LogP contribution in [-0.2, 0) is 4.74 Å². The minimum absolute atomic E-state index is 0.370. The molecule has 1 saturated heterocycles. The van der Waals surface area contributed by atoms with Crippen LogP contribution < -0.4 is 4.74 Å². The van der Waals surface area contributed by atoms with E-state index in [0.717, 1.165) is 6.16 Å². The standard InChI is InChI=1S/C16H25N4O4P/c1-9-18-14-11(15(19-9)23-2)17-8-20(14)16-13(22)12(21)10(24-16)6-7-25(3,4)5/h8,10,12-13,16,21-22H,3,6-7H2,1-2,4-5H3/t10?,12-,13-,16?/m1/s1. The van der Waals surface area contributed by atoms with Gasteiger partial charge < -0.3 is 19.7 Å². The van der Waals surface area contributed by atoms with Crippen molar-refractivity contribution < 1.29 is 19.7 Å². The maximum Gasteiger partial charge on any atom is 0.245 e. The molecule has 0 amide bonds. The van der Waals surface area contributed by atoms with E-state index in [0.29, 0.717) is 29.3 Å². The van der Waals surface area contributed by atoms with Crippen molar-refractivity contribution >= 4 is 24.3 Å². The lowest BCUT2D eigenvalue weighted by Gasteiger charge is -2.18. The van der Waals surface area contributed by atoms with E-state index in [1.807, 2.05) is 0 Å². The molecule has 1 fully saturated rings. The monoisotopic (exact) mass is 368 g/mol. The van der Waals surface area contributed by atoms with Crippen molar-refractivity contribution in [2.24, 2.45) is 0 Å². The summed E-state index contributed by atoms with van der Waals surface area (Å²) in [5.41, 5.74) is 0.998. The van der Waals surface area contributed by atoms with Gasteiger partial charge in [0.05, 0.1) is 19.5 Å². The van der Waals surface area contributed by atoms with E-state index in [-0.39, 0.29) is 0 Å². The highest BCUT2D eigenvalue weighted by Crippen LogP contribution is 2.40. The summed E-state index contributed by atoms with van der Waals surface area (Å²) in [5, 5.41) is 20.9. The largest absolute Gasteiger partial charge is 0.479 e. The van der Waals surface area contributed by atoms with E-state index in [4.69, 9.17) is 9.47 Å². The van der Waals surface area contributed by atoms with Crippen LogP contribution in [0.1, 0.15) is 18.5 Å². The second kappa shape index (κ2) is 6.68. The SMILES string of the molecule is C=P(C)(C)CCC1OC(n2cnc3c(OC)nc(C)nc32)[C@H](O)[C@@H]1O. The first-order valence-corrected chi connectivity index (χ1v) is 11.2. The lowest BCUT2D eigenvalue weighted by molar-refractivity contribution is -0.0353. The van der Waals surface area contributed by atoms with Gasteiger partial charge in [0.2, 0.25) is 5.88 Å². The number of imidazole rings is 1. The smallest absolute Gasteiger partial charge is 0.245 e. The number of aromatic nitrogens is 4. The molecule has 9 heteroatoms. The average Bonchev–Trinajstić information content (AvgIpc) is 3.06. The molecule has 8 nitrogen and oxygen atoms in total. The third-order valence-corrected chi connectivity index (χ3v) is 5.79. The minimum atomic E-state index is -1.23. The molecule has 0 radical (unpaired) electrons. The summed E-state index contributed by atoms with van der Waals surface area (Å²) in [5.74, 6) is 0.897. The molecule has 2 N–H and O–H groups in total. The fraction of sp³-hybridized carbons (Fsp3) is 0.625. The minimum Gasteiger partial charge on any atom is -0.479 e. The molecule has 3 rings (SSSR count). The number of aliphatic hydroxyl groups is 2. The number of aliphatic hydroxyl groups excluding tert-OH is 2. The molecule has 2 unspecified atom stereocenters. The van der Waals surface area contributed by atoms with E-state index >= 15 is 0 Å². The summed E-state index contributed by atoms with van der Waals surface area (Å²) in [6, 6.07) is 0. The van der Waals surface area contributed by atoms with Crippen LogP contribution >= 0.6 is 6.89 Å². The van der Waals surface area contributed by atoms with Crippen LogP contribution in [0.2, 0.25) is 0 Å². The summed E-state index contributed by atoms with van der Waals surface area (Å²) in [6.45, 7) is 4.80. The number of rotatable bonds is 5. The molecule has 0 aliphatic carbocycles. The zero-order chi connectivity index (χ0) is 18.4. The van der Waals surface area contributed by atoms with E-state index in [1.165, 1.54) is 13.4 Å². The Balaban J connectivity index is 1.90. The van der Waals surface area contributed by atoms with Gasteiger partial charge in [-0.05, 0) is 32.8 Å². The molecule has 1 aliphatic heterocycles. The van der Waals surface area contributed by atoms with E-state index < -0.39 is 31.4 Å². The maximum atomic E-state index is 10.5. The first kappa shape index (κ1) is 18.3. The molecule has 138 valence electrons. The van der Waals surface area contributed by atoms with Gasteiger partial charge >= 0.3 is 0 Å². The van der Waals surface area contributed by atoms with Crippen molar-refractivity contribution in [1.29, 1.82) is 0 Å². The summed E-state index contributed by atoms with van der Waals surface area (Å²) in [6.07, 6.45) is 4.03. The Morgan fingerprint density at radius 2 is 2.04 bits per heavy atom. The summed E-state index contributed by atoms with van der Waals surface area (Å²) < 4.78 is 12.8. The first-order chi connectivity index (χ1) is 11.7. The van der Waals surface area contributed by atoms with Gasteiger partial charge in [-0.2, -0.15) is 4.98 Å². The molecular weight excluding hydrogens is 343 g/mol. The molecule has 3 heterocycles. The summed E-state index contributed by atoms with van der Waals surface area (Å²) in [4.78, 5) is 12.9. The zero-order valence-corrected chi connectivity index (χ0v) is 15.8. The quantitative estimate of drug-likeness (QED) is 0.755. The topological polar surface area (TPSA) is 103 Å². The van der Waals surface area contributed by atoms with Crippen LogP contribution in [0.15, 0.2) is 6.33 Å². The Morgan fingerprint density at radius 3 is 2.68 bits per heavy atom.